The molecule has 2 saturated heterocycles. The van der Waals surface area contributed by atoms with E-state index < -0.39 is 0 Å². The summed E-state index contributed by atoms with van der Waals surface area (Å²) in [5, 5.41) is 3.86. The molecule has 3 nitrogen and oxygen atoms in total. The number of nitrogens with zero attached hydrogens (tertiary/aromatic N) is 1. The van der Waals surface area contributed by atoms with Crippen LogP contribution in [-0.4, -0.2) is 36.1 Å². The molecule has 0 amide bonds. The van der Waals surface area contributed by atoms with Crippen molar-refractivity contribution >= 4 is 0 Å². The highest BCUT2D eigenvalue weighted by Gasteiger charge is 2.36. The number of fused-ring (bicyclic) bond motifs is 2. The predicted molar refractivity (Wildman–Crippen MR) is 81.8 cm³/mol. The van der Waals surface area contributed by atoms with E-state index >= 15 is 0 Å². The number of aryl methyl sites for hydroxylation is 1. The summed E-state index contributed by atoms with van der Waals surface area (Å²) in [6.45, 7) is 2.32. The quantitative estimate of drug-likeness (QED) is 0.895. The Morgan fingerprint density at radius 2 is 2.10 bits per heavy atom. The van der Waals surface area contributed by atoms with Crippen LogP contribution in [0.3, 0.4) is 0 Å². The second-order valence-corrected chi connectivity index (χ2v) is 6.76. The van der Waals surface area contributed by atoms with Gasteiger partial charge in [0.05, 0.1) is 6.26 Å². The van der Waals surface area contributed by atoms with Crippen LogP contribution in [0.2, 0.25) is 0 Å². The minimum Gasteiger partial charge on any atom is -0.469 e. The molecule has 3 heterocycles. The number of hydrogen-bond donors (Lipinski definition) is 1. The van der Waals surface area contributed by atoms with E-state index in [1.54, 1.807) is 6.26 Å². The number of piperidine rings is 2. The lowest BCUT2D eigenvalue weighted by Gasteiger charge is -2.47. The van der Waals surface area contributed by atoms with Gasteiger partial charge in [-0.3, -0.25) is 0 Å². The van der Waals surface area contributed by atoms with Crippen LogP contribution >= 0.6 is 0 Å². The Kier molecular flexibility index (Phi) is 4.47. The molecule has 2 aliphatic heterocycles. The van der Waals surface area contributed by atoms with Crippen molar-refractivity contribution in [2.24, 2.45) is 0 Å². The van der Waals surface area contributed by atoms with Gasteiger partial charge in [-0.25, -0.2) is 0 Å². The van der Waals surface area contributed by atoms with E-state index in [1.807, 2.05) is 6.07 Å². The maximum absolute atomic E-state index is 5.41. The molecule has 3 unspecified atom stereocenters. The van der Waals surface area contributed by atoms with Gasteiger partial charge < -0.3 is 14.6 Å². The molecule has 0 aliphatic carbocycles. The summed E-state index contributed by atoms with van der Waals surface area (Å²) < 4.78 is 5.41. The summed E-state index contributed by atoms with van der Waals surface area (Å²) in [7, 11) is 2.32. The van der Waals surface area contributed by atoms with Gasteiger partial charge in [-0.05, 0) is 58.2 Å². The second kappa shape index (κ2) is 6.31. The summed E-state index contributed by atoms with van der Waals surface area (Å²) >= 11 is 0. The molecule has 1 N–H and O–H groups in total. The SMILES string of the molecule is CC(CCc1ccco1)NC1CC2CCCC(C1)N2C. The molecule has 3 rings (SSSR count). The molecule has 3 heteroatoms. The molecule has 2 bridgehead atoms. The van der Waals surface area contributed by atoms with Crippen molar-refractivity contribution in [3.05, 3.63) is 24.2 Å². The number of rotatable bonds is 5. The summed E-state index contributed by atoms with van der Waals surface area (Å²) in [4.78, 5) is 2.63. The van der Waals surface area contributed by atoms with Gasteiger partial charge >= 0.3 is 0 Å². The van der Waals surface area contributed by atoms with E-state index in [4.69, 9.17) is 4.42 Å². The van der Waals surface area contributed by atoms with Crippen LogP contribution in [0.5, 0.6) is 0 Å². The molecule has 2 fully saturated rings. The van der Waals surface area contributed by atoms with Gasteiger partial charge in [0.25, 0.3) is 0 Å². The van der Waals surface area contributed by atoms with Crippen LogP contribution in [0.15, 0.2) is 22.8 Å². The first-order valence-electron chi connectivity index (χ1n) is 8.22. The first-order chi connectivity index (χ1) is 9.72. The molecule has 2 aliphatic rings. The first kappa shape index (κ1) is 14.2. The van der Waals surface area contributed by atoms with Gasteiger partial charge in [0, 0.05) is 30.6 Å². The molecular weight excluding hydrogens is 248 g/mol. The molecule has 1 aromatic rings. The van der Waals surface area contributed by atoms with Crippen molar-refractivity contribution < 1.29 is 4.42 Å². The second-order valence-electron chi connectivity index (χ2n) is 6.76. The molecule has 0 saturated carbocycles. The van der Waals surface area contributed by atoms with Crippen LogP contribution in [0, 0.1) is 0 Å². The Balaban J connectivity index is 1.45. The lowest BCUT2D eigenvalue weighted by atomic mass is 9.82. The summed E-state index contributed by atoms with van der Waals surface area (Å²) in [5.74, 6) is 1.11. The number of nitrogens with one attached hydrogen (secondary N) is 1. The molecule has 3 atom stereocenters. The fraction of sp³-hybridized carbons (Fsp3) is 0.765. The zero-order valence-electron chi connectivity index (χ0n) is 12.8. The maximum atomic E-state index is 5.41. The third-order valence-corrected chi connectivity index (χ3v) is 5.26. The molecule has 1 aromatic heterocycles. The standard InChI is InChI=1S/C17H28N2O/c1-13(8-9-17-7-4-10-20-17)18-14-11-15-5-3-6-16(12-14)19(15)2/h4,7,10,13-16,18H,3,5-6,8-9,11-12H2,1-2H3. The van der Waals surface area contributed by atoms with Gasteiger partial charge in [-0.1, -0.05) is 6.42 Å². The molecule has 0 radical (unpaired) electrons. The van der Waals surface area contributed by atoms with Crippen molar-refractivity contribution in [1.82, 2.24) is 10.2 Å². The average molecular weight is 276 g/mol. The molecule has 20 heavy (non-hydrogen) atoms. The maximum Gasteiger partial charge on any atom is 0.103 e. The average Bonchev–Trinajstić information content (AvgIpc) is 2.91. The van der Waals surface area contributed by atoms with Gasteiger partial charge in [0.15, 0.2) is 0 Å². The highest BCUT2D eigenvalue weighted by atomic mass is 16.3. The Labute approximate surface area is 122 Å². The van der Waals surface area contributed by atoms with E-state index in [0.29, 0.717) is 12.1 Å². The summed E-state index contributed by atoms with van der Waals surface area (Å²) in [6.07, 6.45) is 10.9. The van der Waals surface area contributed by atoms with Crippen molar-refractivity contribution in [3.63, 3.8) is 0 Å². The Hall–Kier alpha value is -0.800. The zero-order valence-corrected chi connectivity index (χ0v) is 12.8. The molecule has 112 valence electrons. The number of furan rings is 1. The zero-order chi connectivity index (χ0) is 13.9. The van der Waals surface area contributed by atoms with Gasteiger partial charge in [0.1, 0.15) is 5.76 Å². The predicted octanol–water partition coefficient (Wildman–Crippen LogP) is 3.21. The minimum atomic E-state index is 0.578. The Morgan fingerprint density at radius 3 is 2.75 bits per heavy atom. The normalized spacial score (nSPS) is 32.2. The van der Waals surface area contributed by atoms with Crippen molar-refractivity contribution in [1.29, 1.82) is 0 Å². The van der Waals surface area contributed by atoms with E-state index in [1.165, 1.54) is 32.1 Å². The van der Waals surface area contributed by atoms with Crippen molar-refractivity contribution in [2.75, 3.05) is 7.05 Å². The van der Waals surface area contributed by atoms with Crippen molar-refractivity contribution in [3.8, 4) is 0 Å². The lowest BCUT2D eigenvalue weighted by Crippen LogP contribution is -2.55. The molecule has 0 spiro atoms. The fourth-order valence-electron chi connectivity index (χ4n) is 4.05. The third kappa shape index (κ3) is 3.26. The highest BCUT2D eigenvalue weighted by molar-refractivity contribution is 4.99. The van der Waals surface area contributed by atoms with E-state index in [0.717, 1.165) is 30.7 Å². The molecule has 0 aromatic carbocycles. The van der Waals surface area contributed by atoms with Gasteiger partial charge in [-0.15, -0.1) is 0 Å². The fourth-order valence-corrected chi connectivity index (χ4v) is 4.05. The van der Waals surface area contributed by atoms with E-state index in [-0.39, 0.29) is 0 Å². The smallest absolute Gasteiger partial charge is 0.103 e. The third-order valence-electron chi connectivity index (χ3n) is 5.26. The van der Waals surface area contributed by atoms with Crippen LogP contribution in [0.4, 0.5) is 0 Å². The Morgan fingerprint density at radius 1 is 1.35 bits per heavy atom. The molecular formula is C17H28N2O. The van der Waals surface area contributed by atoms with E-state index in [9.17, 15) is 0 Å². The van der Waals surface area contributed by atoms with Gasteiger partial charge in [0.2, 0.25) is 0 Å². The van der Waals surface area contributed by atoms with E-state index in [2.05, 4.69) is 30.3 Å². The van der Waals surface area contributed by atoms with Crippen LogP contribution in [0.1, 0.15) is 51.2 Å². The summed E-state index contributed by atoms with van der Waals surface area (Å²) in [5.41, 5.74) is 0. The number of hydrogen-bond acceptors (Lipinski definition) is 3. The summed E-state index contributed by atoms with van der Waals surface area (Å²) in [6, 6.07) is 6.98. The van der Waals surface area contributed by atoms with Gasteiger partial charge in [-0.2, -0.15) is 0 Å². The topological polar surface area (TPSA) is 28.4 Å². The van der Waals surface area contributed by atoms with Crippen LogP contribution < -0.4 is 5.32 Å². The van der Waals surface area contributed by atoms with Crippen molar-refractivity contribution in [2.45, 2.75) is 76.0 Å². The minimum absolute atomic E-state index is 0.578. The van der Waals surface area contributed by atoms with Crippen LogP contribution in [0.25, 0.3) is 0 Å². The largest absolute Gasteiger partial charge is 0.469 e. The first-order valence-corrected chi connectivity index (χ1v) is 8.22. The lowest BCUT2D eigenvalue weighted by molar-refractivity contribution is 0.0460. The Bertz CT molecular complexity index is 389. The monoisotopic (exact) mass is 276 g/mol. The highest BCUT2D eigenvalue weighted by Crippen LogP contribution is 2.32. The van der Waals surface area contributed by atoms with Crippen LogP contribution in [-0.2, 0) is 6.42 Å².